The van der Waals surface area contributed by atoms with Gasteiger partial charge in [0, 0.05) is 19.7 Å². The van der Waals surface area contributed by atoms with Crippen molar-refractivity contribution in [2.24, 2.45) is 4.99 Å². The lowest BCUT2D eigenvalue weighted by Crippen LogP contribution is -2.19. The molecule has 2 rings (SSSR count). The van der Waals surface area contributed by atoms with Crippen molar-refractivity contribution >= 4 is 52.2 Å². The molecular weight excluding hydrogens is 383 g/mol. The molecule has 0 atom stereocenters. The first-order valence-corrected chi connectivity index (χ1v) is 8.53. The second-order valence-corrected chi connectivity index (χ2v) is 7.85. The minimum atomic E-state index is -1.89. The van der Waals surface area contributed by atoms with Crippen LogP contribution in [-0.2, 0) is 3.79 Å². The molecule has 25 heavy (non-hydrogen) atoms. The highest BCUT2D eigenvalue weighted by molar-refractivity contribution is 6.66. The summed E-state index contributed by atoms with van der Waals surface area (Å²) in [5.74, 6) is 0.827. The predicted molar refractivity (Wildman–Crippen MR) is 103 cm³/mol. The number of alkyl halides is 3. The molecule has 0 unspecified atom stereocenters. The predicted octanol–water partition coefficient (Wildman–Crippen LogP) is 4.78. The Bertz CT molecular complexity index is 815. The zero-order valence-electron chi connectivity index (χ0n) is 14.2. The standard InChI is InChI=1S/C17H17Cl3N4O/c1-10(25)13-14(17(18,19)20)22-15(12-8-6-5-7-9-12)23-16(13)21-11(2)24(3)4/h5-9H,1-4H3. The maximum atomic E-state index is 12.2. The van der Waals surface area contributed by atoms with Gasteiger partial charge in [-0.25, -0.2) is 15.0 Å². The summed E-state index contributed by atoms with van der Waals surface area (Å²) in [5, 5.41) is 0. The molecule has 8 heteroatoms. The van der Waals surface area contributed by atoms with E-state index in [2.05, 4.69) is 15.0 Å². The van der Waals surface area contributed by atoms with Crippen LogP contribution >= 0.6 is 34.8 Å². The summed E-state index contributed by atoms with van der Waals surface area (Å²) in [4.78, 5) is 27.2. The second-order valence-electron chi connectivity index (χ2n) is 5.57. The lowest BCUT2D eigenvalue weighted by Gasteiger charge is -2.18. The molecule has 0 aliphatic rings. The third-order valence-electron chi connectivity index (χ3n) is 3.46. The average Bonchev–Trinajstić information content (AvgIpc) is 2.53. The highest BCUT2D eigenvalue weighted by Gasteiger charge is 2.33. The van der Waals surface area contributed by atoms with E-state index >= 15 is 0 Å². The Morgan fingerprint density at radius 3 is 2.16 bits per heavy atom. The normalized spacial score (nSPS) is 12.2. The van der Waals surface area contributed by atoms with Crippen LogP contribution in [-0.4, -0.2) is 40.6 Å². The zero-order chi connectivity index (χ0) is 18.8. The van der Waals surface area contributed by atoms with E-state index in [9.17, 15) is 4.79 Å². The summed E-state index contributed by atoms with van der Waals surface area (Å²) >= 11 is 18.2. The smallest absolute Gasteiger partial charge is 0.233 e. The molecule has 0 saturated carbocycles. The molecule has 132 valence electrons. The average molecular weight is 400 g/mol. The fourth-order valence-corrected chi connectivity index (χ4v) is 2.44. The van der Waals surface area contributed by atoms with E-state index in [1.54, 1.807) is 11.8 Å². The maximum absolute atomic E-state index is 12.2. The molecule has 2 aromatic rings. The van der Waals surface area contributed by atoms with Crippen LogP contribution in [0, 0.1) is 0 Å². The van der Waals surface area contributed by atoms with Gasteiger partial charge in [0.1, 0.15) is 11.5 Å². The van der Waals surface area contributed by atoms with Gasteiger partial charge in [-0.15, -0.1) is 0 Å². The maximum Gasteiger partial charge on any atom is 0.233 e. The minimum absolute atomic E-state index is 0.0177. The largest absolute Gasteiger partial charge is 0.366 e. The first kappa shape index (κ1) is 19.6. The van der Waals surface area contributed by atoms with Crippen LogP contribution < -0.4 is 0 Å². The van der Waals surface area contributed by atoms with Crippen LogP contribution in [0.4, 0.5) is 5.82 Å². The van der Waals surface area contributed by atoms with E-state index in [-0.39, 0.29) is 22.9 Å². The Morgan fingerprint density at radius 1 is 1.08 bits per heavy atom. The van der Waals surface area contributed by atoms with Crippen molar-refractivity contribution in [3.63, 3.8) is 0 Å². The number of Topliss-reactive ketones (excluding diaryl/α,β-unsaturated/α-hetero) is 1. The molecule has 0 radical (unpaired) electrons. The number of hydrogen-bond donors (Lipinski definition) is 0. The molecule has 1 heterocycles. The van der Waals surface area contributed by atoms with E-state index in [1.807, 2.05) is 44.4 Å². The SMILES string of the molecule is CC(=O)c1c(N=C(C)N(C)C)nc(-c2ccccc2)nc1C(Cl)(Cl)Cl. The summed E-state index contributed by atoms with van der Waals surface area (Å²) in [6.45, 7) is 3.16. The Kier molecular flexibility index (Phi) is 6.03. The molecule has 1 aromatic carbocycles. The quantitative estimate of drug-likeness (QED) is 0.322. The molecule has 0 saturated heterocycles. The van der Waals surface area contributed by atoms with Crippen molar-refractivity contribution in [1.29, 1.82) is 0 Å². The third-order valence-corrected chi connectivity index (χ3v) is 3.99. The van der Waals surface area contributed by atoms with Gasteiger partial charge in [-0.3, -0.25) is 4.79 Å². The minimum Gasteiger partial charge on any atom is -0.366 e. The molecule has 0 spiro atoms. The summed E-state index contributed by atoms with van der Waals surface area (Å²) in [6, 6.07) is 9.23. The number of benzene rings is 1. The summed E-state index contributed by atoms with van der Waals surface area (Å²) in [5.41, 5.74) is 0.845. The Hall–Kier alpha value is -1.69. The van der Waals surface area contributed by atoms with Crippen molar-refractivity contribution in [2.45, 2.75) is 17.6 Å². The Morgan fingerprint density at radius 2 is 1.68 bits per heavy atom. The van der Waals surface area contributed by atoms with Gasteiger partial charge in [-0.05, 0) is 13.8 Å². The number of carbonyl (C=O) groups excluding carboxylic acids is 1. The van der Waals surface area contributed by atoms with Crippen LogP contribution in [0.25, 0.3) is 11.4 Å². The number of halogens is 3. The van der Waals surface area contributed by atoms with Crippen molar-refractivity contribution in [3.05, 3.63) is 41.6 Å². The van der Waals surface area contributed by atoms with Crippen molar-refractivity contribution < 1.29 is 4.79 Å². The fraction of sp³-hybridized carbons (Fsp3) is 0.294. The number of aromatic nitrogens is 2. The van der Waals surface area contributed by atoms with Gasteiger partial charge < -0.3 is 4.90 Å². The van der Waals surface area contributed by atoms with E-state index in [0.29, 0.717) is 11.7 Å². The lowest BCUT2D eigenvalue weighted by molar-refractivity contribution is 0.101. The van der Waals surface area contributed by atoms with Gasteiger partial charge >= 0.3 is 0 Å². The lowest BCUT2D eigenvalue weighted by atomic mass is 10.1. The Balaban J connectivity index is 2.83. The molecule has 1 aromatic heterocycles. The summed E-state index contributed by atoms with van der Waals surface area (Å²) in [7, 11) is 3.67. The number of nitrogens with zero attached hydrogens (tertiary/aromatic N) is 4. The highest BCUT2D eigenvalue weighted by Crippen LogP contribution is 2.42. The van der Waals surface area contributed by atoms with Crippen molar-refractivity contribution in [3.8, 4) is 11.4 Å². The first-order valence-electron chi connectivity index (χ1n) is 7.39. The topological polar surface area (TPSA) is 58.5 Å². The second kappa shape index (κ2) is 7.68. The zero-order valence-corrected chi connectivity index (χ0v) is 16.5. The molecule has 0 aliphatic carbocycles. The summed E-state index contributed by atoms with van der Waals surface area (Å²) < 4.78 is -1.89. The molecule has 5 nitrogen and oxygen atoms in total. The van der Waals surface area contributed by atoms with Crippen LogP contribution in [0.3, 0.4) is 0 Å². The summed E-state index contributed by atoms with van der Waals surface area (Å²) in [6.07, 6.45) is 0. The van der Waals surface area contributed by atoms with Gasteiger partial charge in [0.2, 0.25) is 3.79 Å². The fourth-order valence-electron chi connectivity index (χ4n) is 2.03. The van der Waals surface area contributed by atoms with Gasteiger partial charge in [0.25, 0.3) is 0 Å². The molecule has 0 amide bonds. The number of carbonyl (C=O) groups is 1. The van der Waals surface area contributed by atoms with Gasteiger partial charge in [-0.2, -0.15) is 0 Å². The van der Waals surface area contributed by atoms with E-state index in [0.717, 1.165) is 5.56 Å². The third kappa shape index (κ3) is 4.69. The van der Waals surface area contributed by atoms with Gasteiger partial charge in [0.05, 0.1) is 5.56 Å². The number of amidine groups is 1. The number of aliphatic imine (C=N–C) groups is 1. The molecule has 0 bridgehead atoms. The van der Waals surface area contributed by atoms with E-state index in [4.69, 9.17) is 34.8 Å². The molecule has 0 N–H and O–H groups in total. The molecular formula is C17H17Cl3N4O. The highest BCUT2D eigenvalue weighted by atomic mass is 35.6. The molecule has 0 fully saturated rings. The number of rotatable bonds is 3. The molecule has 0 aliphatic heterocycles. The van der Waals surface area contributed by atoms with Crippen molar-refractivity contribution in [2.75, 3.05) is 14.1 Å². The van der Waals surface area contributed by atoms with E-state index in [1.165, 1.54) is 6.92 Å². The van der Waals surface area contributed by atoms with Crippen LogP contribution in [0.5, 0.6) is 0 Å². The van der Waals surface area contributed by atoms with E-state index < -0.39 is 3.79 Å². The van der Waals surface area contributed by atoms with Crippen molar-refractivity contribution in [1.82, 2.24) is 14.9 Å². The first-order chi connectivity index (χ1) is 11.6. The Labute approximate surface area is 161 Å². The number of ketones is 1. The van der Waals surface area contributed by atoms with Crippen LogP contribution in [0.15, 0.2) is 35.3 Å². The van der Waals surface area contributed by atoms with Crippen LogP contribution in [0.2, 0.25) is 0 Å². The monoisotopic (exact) mass is 398 g/mol. The van der Waals surface area contributed by atoms with Gasteiger partial charge in [0.15, 0.2) is 17.4 Å². The van der Waals surface area contributed by atoms with Crippen LogP contribution in [0.1, 0.15) is 29.9 Å². The number of hydrogen-bond acceptors (Lipinski definition) is 4. The van der Waals surface area contributed by atoms with Gasteiger partial charge in [-0.1, -0.05) is 65.1 Å².